The second-order valence-electron chi connectivity index (χ2n) is 6.34. The van der Waals surface area contributed by atoms with E-state index in [9.17, 15) is 19.1 Å². The molecule has 144 valence electrons. The number of hydrogen-bond donors (Lipinski definition) is 2. The molecule has 3 rings (SSSR count). The fourth-order valence-electron chi connectivity index (χ4n) is 2.82. The summed E-state index contributed by atoms with van der Waals surface area (Å²) in [6, 6.07) is 6.04. The Morgan fingerprint density at radius 2 is 2.11 bits per heavy atom. The van der Waals surface area contributed by atoms with Crippen molar-refractivity contribution in [1.82, 2.24) is 9.63 Å². The normalized spacial score (nSPS) is 14.9. The van der Waals surface area contributed by atoms with E-state index in [2.05, 4.69) is 5.32 Å². The quantitative estimate of drug-likeness (QED) is 0.633. The molecule has 0 saturated carbocycles. The SMILES string of the molecule is C[C@@H](O)CON1CCc2cc(=O)n(C)c(Nc3ccc(I)cc3F)c2C1=O. The number of aliphatic hydroxyl groups is 1. The van der Waals surface area contributed by atoms with Crippen LogP contribution in [0.15, 0.2) is 29.1 Å². The van der Waals surface area contributed by atoms with Crippen molar-refractivity contribution in [3.05, 3.63) is 55.1 Å². The van der Waals surface area contributed by atoms with Gasteiger partial charge in [-0.05, 0) is 59.7 Å². The lowest BCUT2D eigenvalue weighted by atomic mass is 10.0. The molecular formula is C18H19FIN3O4. The number of aliphatic hydroxyl groups excluding tert-OH is 1. The van der Waals surface area contributed by atoms with Gasteiger partial charge in [-0.15, -0.1) is 0 Å². The summed E-state index contributed by atoms with van der Waals surface area (Å²) in [4.78, 5) is 30.6. The van der Waals surface area contributed by atoms with Gasteiger partial charge in [0.1, 0.15) is 18.2 Å². The maximum atomic E-state index is 14.3. The van der Waals surface area contributed by atoms with Gasteiger partial charge in [-0.25, -0.2) is 9.45 Å². The molecule has 0 saturated heterocycles. The van der Waals surface area contributed by atoms with E-state index in [0.29, 0.717) is 12.0 Å². The van der Waals surface area contributed by atoms with E-state index < -0.39 is 17.8 Å². The van der Waals surface area contributed by atoms with Gasteiger partial charge in [0.05, 0.1) is 23.9 Å². The molecule has 1 aromatic carbocycles. The Kier molecular flexibility index (Phi) is 5.82. The van der Waals surface area contributed by atoms with E-state index in [1.165, 1.54) is 23.7 Å². The minimum Gasteiger partial charge on any atom is -0.391 e. The number of benzene rings is 1. The van der Waals surface area contributed by atoms with Gasteiger partial charge < -0.3 is 10.4 Å². The molecule has 1 aliphatic heterocycles. The van der Waals surface area contributed by atoms with Crippen molar-refractivity contribution in [2.45, 2.75) is 19.4 Å². The first-order valence-corrected chi connectivity index (χ1v) is 9.43. The van der Waals surface area contributed by atoms with Crippen LogP contribution >= 0.6 is 22.6 Å². The van der Waals surface area contributed by atoms with Crippen LogP contribution in [-0.2, 0) is 18.3 Å². The zero-order valence-electron chi connectivity index (χ0n) is 14.8. The van der Waals surface area contributed by atoms with Crippen LogP contribution in [0.3, 0.4) is 0 Å². The van der Waals surface area contributed by atoms with Gasteiger partial charge in [-0.1, -0.05) is 0 Å². The lowest BCUT2D eigenvalue weighted by Crippen LogP contribution is -2.41. The van der Waals surface area contributed by atoms with Crippen LogP contribution in [-0.4, -0.2) is 39.9 Å². The molecule has 1 aromatic heterocycles. The first-order valence-electron chi connectivity index (χ1n) is 8.35. The molecule has 27 heavy (non-hydrogen) atoms. The van der Waals surface area contributed by atoms with E-state index in [-0.39, 0.29) is 35.8 Å². The molecule has 0 fully saturated rings. The average Bonchev–Trinajstić information content (AvgIpc) is 2.60. The van der Waals surface area contributed by atoms with Gasteiger partial charge in [-0.2, -0.15) is 0 Å². The lowest BCUT2D eigenvalue weighted by molar-refractivity contribution is -0.144. The summed E-state index contributed by atoms with van der Waals surface area (Å²) in [7, 11) is 1.51. The first-order chi connectivity index (χ1) is 12.8. The third-order valence-electron chi connectivity index (χ3n) is 4.20. The summed E-state index contributed by atoms with van der Waals surface area (Å²) >= 11 is 2.00. The molecule has 0 radical (unpaired) electrons. The number of nitrogens with one attached hydrogen (secondary N) is 1. The number of fused-ring (bicyclic) bond motifs is 1. The van der Waals surface area contributed by atoms with Crippen LogP contribution in [0.2, 0.25) is 0 Å². The fraction of sp³-hybridized carbons (Fsp3) is 0.333. The highest BCUT2D eigenvalue weighted by Gasteiger charge is 2.30. The third kappa shape index (κ3) is 4.14. The molecular weight excluding hydrogens is 468 g/mol. The second kappa shape index (κ2) is 7.95. The highest BCUT2D eigenvalue weighted by molar-refractivity contribution is 14.1. The molecule has 7 nitrogen and oxygen atoms in total. The number of carbonyl (C=O) groups excluding carboxylic acids is 1. The van der Waals surface area contributed by atoms with E-state index >= 15 is 0 Å². The van der Waals surface area contributed by atoms with Crippen molar-refractivity contribution in [3.63, 3.8) is 0 Å². The number of hydroxylamine groups is 2. The number of rotatable bonds is 5. The van der Waals surface area contributed by atoms with Crippen LogP contribution in [0.5, 0.6) is 0 Å². The molecule has 0 bridgehead atoms. The lowest BCUT2D eigenvalue weighted by Gasteiger charge is -2.30. The van der Waals surface area contributed by atoms with Crippen LogP contribution in [0, 0.1) is 9.39 Å². The Hall–Kier alpha value is -1.98. The first kappa shape index (κ1) is 19.8. The second-order valence-corrected chi connectivity index (χ2v) is 7.59. The van der Waals surface area contributed by atoms with Crippen molar-refractivity contribution in [2.75, 3.05) is 18.5 Å². The number of amides is 1. The maximum Gasteiger partial charge on any atom is 0.281 e. The maximum absolute atomic E-state index is 14.3. The van der Waals surface area contributed by atoms with Gasteiger partial charge in [0.2, 0.25) is 0 Å². The average molecular weight is 487 g/mol. The zero-order valence-corrected chi connectivity index (χ0v) is 17.0. The third-order valence-corrected chi connectivity index (χ3v) is 4.87. The van der Waals surface area contributed by atoms with E-state index in [4.69, 9.17) is 4.84 Å². The standard InChI is InChI=1S/C18H19FIN3O4/c1-10(24)9-27-23-6-5-11-7-15(25)22(2)17(16(11)18(23)26)21-14-4-3-12(20)8-13(14)19/h3-4,7-8,10,21,24H,5-6,9H2,1-2H3/t10-/m1/s1. The van der Waals surface area contributed by atoms with Gasteiger partial charge in [0, 0.05) is 16.7 Å². The number of nitrogens with zero attached hydrogens (tertiary/aromatic N) is 2. The molecule has 1 amide bonds. The van der Waals surface area contributed by atoms with Crippen LogP contribution < -0.4 is 10.9 Å². The molecule has 0 aliphatic carbocycles. The smallest absolute Gasteiger partial charge is 0.281 e. The van der Waals surface area contributed by atoms with E-state index in [1.807, 2.05) is 22.6 Å². The van der Waals surface area contributed by atoms with Gasteiger partial charge in [-0.3, -0.25) is 19.0 Å². The van der Waals surface area contributed by atoms with Crippen molar-refractivity contribution < 1.29 is 19.1 Å². The van der Waals surface area contributed by atoms with Crippen LogP contribution in [0.4, 0.5) is 15.9 Å². The number of halogens is 2. The highest BCUT2D eigenvalue weighted by atomic mass is 127. The molecule has 1 atom stereocenters. The van der Waals surface area contributed by atoms with Crippen molar-refractivity contribution in [2.24, 2.45) is 7.05 Å². The molecule has 0 spiro atoms. The summed E-state index contributed by atoms with van der Waals surface area (Å²) in [5, 5.41) is 13.4. The Bertz CT molecular complexity index is 945. The number of aromatic nitrogens is 1. The molecule has 9 heteroatoms. The Balaban J connectivity index is 2.03. The van der Waals surface area contributed by atoms with Gasteiger partial charge >= 0.3 is 0 Å². The molecule has 0 unspecified atom stereocenters. The van der Waals surface area contributed by atoms with Crippen molar-refractivity contribution >= 4 is 40.0 Å². The Labute approximate surface area is 168 Å². The molecule has 2 heterocycles. The van der Waals surface area contributed by atoms with Crippen LogP contribution in [0.25, 0.3) is 0 Å². The number of carbonyl (C=O) groups is 1. The van der Waals surface area contributed by atoms with E-state index in [0.717, 1.165) is 8.63 Å². The summed E-state index contributed by atoms with van der Waals surface area (Å²) in [6.45, 7) is 1.79. The molecule has 2 aromatic rings. The topological polar surface area (TPSA) is 83.8 Å². The highest BCUT2D eigenvalue weighted by Crippen LogP contribution is 2.29. The summed E-state index contributed by atoms with van der Waals surface area (Å²) in [5.74, 6) is -0.730. The largest absolute Gasteiger partial charge is 0.391 e. The minimum absolute atomic E-state index is 0.0264. The summed E-state index contributed by atoms with van der Waals surface area (Å²) < 4.78 is 16.3. The predicted molar refractivity (Wildman–Crippen MR) is 106 cm³/mol. The van der Waals surface area contributed by atoms with Gasteiger partial charge in [0.25, 0.3) is 11.5 Å². The monoisotopic (exact) mass is 487 g/mol. The van der Waals surface area contributed by atoms with Crippen LogP contribution in [0.1, 0.15) is 22.8 Å². The molecule has 2 N–H and O–H groups in total. The Morgan fingerprint density at radius 3 is 2.78 bits per heavy atom. The minimum atomic E-state index is -0.724. The fourth-order valence-corrected chi connectivity index (χ4v) is 3.27. The van der Waals surface area contributed by atoms with E-state index in [1.54, 1.807) is 19.1 Å². The van der Waals surface area contributed by atoms with Crippen molar-refractivity contribution in [1.29, 1.82) is 0 Å². The number of hydrogen-bond acceptors (Lipinski definition) is 5. The predicted octanol–water partition coefficient (Wildman–Crippen LogP) is 2.18. The number of pyridine rings is 1. The van der Waals surface area contributed by atoms with Gasteiger partial charge in [0.15, 0.2) is 0 Å². The zero-order chi connectivity index (χ0) is 19.7. The molecule has 1 aliphatic rings. The van der Waals surface area contributed by atoms with Crippen molar-refractivity contribution in [3.8, 4) is 0 Å². The summed E-state index contributed by atoms with van der Waals surface area (Å²) in [5.41, 5.74) is 0.697. The Morgan fingerprint density at radius 1 is 1.37 bits per heavy atom. The summed E-state index contributed by atoms with van der Waals surface area (Å²) in [6.07, 6.45) is -0.307. The number of anilines is 2.